The Morgan fingerprint density at radius 2 is 2.00 bits per heavy atom. The van der Waals surface area contributed by atoms with Crippen LogP contribution in [0.5, 0.6) is 11.5 Å². The van der Waals surface area contributed by atoms with Gasteiger partial charge in [-0.3, -0.25) is 4.79 Å². The zero-order valence-corrected chi connectivity index (χ0v) is 13.2. The zero-order valence-electron chi connectivity index (χ0n) is 12.4. The smallest absolute Gasteiger partial charge is 0.254 e. The molecule has 22 heavy (non-hydrogen) atoms. The first-order valence-electron chi connectivity index (χ1n) is 6.91. The lowest BCUT2D eigenvalue weighted by molar-refractivity contribution is 0.0765. The Morgan fingerprint density at radius 1 is 1.18 bits per heavy atom. The molecule has 0 radical (unpaired) electrons. The largest absolute Gasteiger partial charge is 0.497 e. The number of amides is 1. The number of carbonyl (C=O) groups excluding carboxylic acids is 1. The van der Waals surface area contributed by atoms with Gasteiger partial charge in [0.15, 0.2) is 0 Å². The SMILES string of the molecule is COc1ccc(CN2Cc3c(Cl)cccc3C2=O)c(OC)c1. The number of nitrogens with zero attached hydrogens (tertiary/aromatic N) is 1. The van der Waals surface area contributed by atoms with Crippen molar-refractivity contribution in [3.63, 3.8) is 0 Å². The van der Waals surface area contributed by atoms with Crippen molar-refractivity contribution in [1.82, 2.24) is 4.90 Å². The lowest BCUT2D eigenvalue weighted by atomic mass is 10.1. The fraction of sp³-hybridized carbons (Fsp3) is 0.235. The van der Waals surface area contributed by atoms with Crippen LogP contribution >= 0.6 is 11.6 Å². The van der Waals surface area contributed by atoms with Gasteiger partial charge in [0.25, 0.3) is 5.91 Å². The molecule has 0 unspecified atom stereocenters. The molecule has 1 amide bonds. The molecule has 0 bridgehead atoms. The summed E-state index contributed by atoms with van der Waals surface area (Å²) in [5.41, 5.74) is 2.50. The van der Waals surface area contributed by atoms with Gasteiger partial charge in [-0.15, -0.1) is 0 Å². The van der Waals surface area contributed by atoms with Crippen molar-refractivity contribution in [1.29, 1.82) is 0 Å². The summed E-state index contributed by atoms with van der Waals surface area (Å²) in [6.07, 6.45) is 0. The fourth-order valence-electron chi connectivity index (χ4n) is 2.67. The molecule has 3 rings (SSSR count). The van der Waals surface area contributed by atoms with Crippen LogP contribution in [-0.4, -0.2) is 25.0 Å². The molecular weight excluding hydrogens is 302 g/mol. The monoisotopic (exact) mass is 317 g/mol. The second kappa shape index (κ2) is 5.89. The second-order valence-corrected chi connectivity index (χ2v) is 5.51. The van der Waals surface area contributed by atoms with Crippen LogP contribution in [0.1, 0.15) is 21.5 Å². The van der Waals surface area contributed by atoms with Crippen LogP contribution in [-0.2, 0) is 13.1 Å². The molecule has 0 spiro atoms. The van der Waals surface area contributed by atoms with Crippen LogP contribution < -0.4 is 9.47 Å². The Bertz CT molecular complexity index is 730. The summed E-state index contributed by atoms with van der Waals surface area (Å²) in [6, 6.07) is 11.0. The molecule has 0 aliphatic carbocycles. The average Bonchev–Trinajstić information content (AvgIpc) is 2.86. The van der Waals surface area contributed by atoms with Crippen molar-refractivity contribution in [2.24, 2.45) is 0 Å². The van der Waals surface area contributed by atoms with Crippen molar-refractivity contribution < 1.29 is 14.3 Å². The second-order valence-electron chi connectivity index (χ2n) is 5.10. The molecule has 0 N–H and O–H groups in total. The molecule has 1 heterocycles. The molecule has 2 aromatic rings. The van der Waals surface area contributed by atoms with E-state index in [0.717, 1.165) is 16.9 Å². The van der Waals surface area contributed by atoms with E-state index < -0.39 is 0 Å². The first-order chi connectivity index (χ1) is 10.6. The summed E-state index contributed by atoms with van der Waals surface area (Å²) in [4.78, 5) is 14.2. The van der Waals surface area contributed by atoms with Gasteiger partial charge in [-0.05, 0) is 24.3 Å². The molecule has 2 aromatic carbocycles. The van der Waals surface area contributed by atoms with Crippen molar-refractivity contribution in [3.05, 3.63) is 58.1 Å². The number of rotatable bonds is 4. The number of ether oxygens (including phenoxy) is 2. The van der Waals surface area contributed by atoms with Crippen LogP contribution in [0, 0.1) is 0 Å². The summed E-state index contributed by atoms with van der Waals surface area (Å²) >= 11 is 6.18. The van der Waals surface area contributed by atoms with Crippen molar-refractivity contribution >= 4 is 17.5 Å². The van der Waals surface area contributed by atoms with E-state index in [0.29, 0.717) is 29.4 Å². The maximum absolute atomic E-state index is 12.5. The van der Waals surface area contributed by atoms with E-state index in [1.807, 2.05) is 30.3 Å². The minimum absolute atomic E-state index is 0.00429. The molecule has 0 saturated heterocycles. The highest BCUT2D eigenvalue weighted by Gasteiger charge is 2.29. The summed E-state index contributed by atoms with van der Waals surface area (Å²) in [6.45, 7) is 0.986. The fourth-order valence-corrected chi connectivity index (χ4v) is 2.90. The predicted molar refractivity (Wildman–Crippen MR) is 84.6 cm³/mol. The zero-order chi connectivity index (χ0) is 15.7. The Balaban J connectivity index is 1.87. The molecule has 1 aliphatic heterocycles. The topological polar surface area (TPSA) is 38.8 Å². The summed E-state index contributed by atoms with van der Waals surface area (Å²) in [5, 5.41) is 0.634. The number of hydrogen-bond donors (Lipinski definition) is 0. The molecular formula is C17H16ClNO3. The van der Waals surface area contributed by atoms with Gasteiger partial charge in [-0.1, -0.05) is 17.7 Å². The Labute approximate surface area is 134 Å². The molecule has 0 saturated carbocycles. The molecule has 114 valence electrons. The molecule has 4 nitrogen and oxygen atoms in total. The van der Waals surface area contributed by atoms with E-state index in [1.165, 1.54) is 0 Å². The predicted octanol–water partition coefficient (Wildman–Crippen LogP) is 3.51. The highest BCUT2D eigenvalue weighted by atomic mass is 35.5. The number of methoxy groups -OCH3 is 2. The summed E-state index contributed by atoms with van der Waals surface area (Å²) < 4.78 is 10.6. The van der Waals surface area contributed by atoms with Crippen molar-refractivity contribution in [3.8, 4) is 11.5 Å². The third kappa shape index (κ3) is 2.50. The van der Waals surface area contributed by atoms with E-state index in [-0.39, 0.29) is 5.91 Å². The minimum Gasteiger partial charge on any atom is -0.497 e. The van der Waals surface area contributed by atoms with E-state index >= 15 is 0 Å². The maximum atomic E-state index is 12.5. The van der Waals surface area contributed by atoms with Crippen LogP contribution in [0.2, 0.25) is 5.02 Å². The first-order valence-corrected chi connectivity index (χ1v) is 7.29. The minimum atomic E-state index is -0.00429. The third-order valence-corrected chi connectivity index (χ3v) is 4.20. The van der Waals surface area contributed by atoms with Gasteiger partial charge < -0.3 is 14.4 Å². The van der Waals surface area contributed by atoms with E-state index in [9.17, 15) is 4.79 Å². The van der Waals surface area contributed by atoms with Crippen LogP contribution in [0.15, 0.2) is 36.4 Å². The lowest BCUT2D eigenvalue weighted by Gasteiger charge is -2.18. The molecule has 0 aromatic heterocycles. The normalized spacial score (nSPS) is 13.2. The maximum Gasteiger partial charge on any atom is 0.254 e. The van der Waals surface area contributed by atoms with Crippen LogP contribution in [0.3, 0.4) is 0 Å². The van der Waals surface area contributed by atoms with Gasteiger partial charge in [0.05, 0.1) is 14.2 Å². The molecule has 0 fully saturated rings. The quantitative estimate of drug-likeness (QED) is 0.866. The Morgan fingerprint density at radius 3 is 2.68 bits per heavy atom. The molecule has 0 atom stereocenters. The van der Waals surface area contributed by atoms with E-state index in [4.69, 9.17) is 21.1 Å². The van der Waals surface area contributed by atoms with Crippen molar-refractivity contribution in [2.75, 3.05) is 14.2 Å². The van der Waals surface area contributed by atoms with Gasteiger partial charge in [-0.2, -0.15) is 0 Å². The highest BCUT2D eigenvalue weighted by Crippen LogP contribution is 2.32. The number of benzene rings is 2. The molecule has 1 aliphatic rings. The van der Waals surface area contributed by atoms with Gasteiger partial charge in [0.2, 0.25) is 0 Å². The molecule has 5 heteroatoms. The summed E-state index contributed by atoms with van der Waals surface area (Å²) in [7, 11) is 3.22. The van der Waals surface area contributed by atoms with Gasteiger partial charge in [-0.25, -0.2) is 0 Å². The Kier molecular flexibility index (Phi) is 3.94. The van der Waals surface area contributed by atoms with Gasteiger partial charge >= 0.3 is 0 Å². The Hall–Kier alpha value is -2.20. The van der Waals surface area contributed by atoms with Crippen molar-refractivity contribution in [2.45, 2.75) is 13.1 Å². The first kappa shape index (κ1) is 14.7. The lowest BCUT2D eigenvalue weighted by Crippen LogP contribution is -2.23. The van der Waals surface area contributed by atoms with E-state index in [2.05, 4.69) is 0 Å². The van der Waals surface area contributed by atoms with Crippen LogP contribution in [0.25, 0.3) is 0 Å². The number of halogens is 1. The number of hydrogen-bond acceptors (Lipinski definition) is 3. The van der Waals surface area contributed by atoms with Gasteiger partial charge in [0, 0.05) is 40.9 Å². The standard InChI is InChI=1S/C17H16ClNO3/c1-21-12-7-6-11(16(8-12)22-2)9-19-10-14-13(17(19)20)4-3-5-15(14)18/h3-8H,9-10H2,1-2H3. The number of carbonyl (C=O) groups is 1. The van der Waals surface area contributed by atoms with E-state index in [1.54, 1.807) is 25.2 Å². The van der Waals surface area contributed by atoms with Crippen LogP contribution in [0.4, 0.5) is 0 Å². The summed E-state index contributed by atoms with van der Waals surface area (Å²) in [5.74, 6) is 1.42. The van der Waals surface area contributed by atoms with Gasteiger partial charge in [0.1, 0.15) is 11.5 Å². The third-order valence-electron chi connectivity index (χ3n) is 3.84. The number of fused-ring (bicyclic) bond motifs is 1. The highest BCUT2D eigenvalue weighted by molar-refractivity contribution is 6.32. The average molecular weight is 318 g/mol.